The van der Waals surface area contributed by atoms with Crippen molar-refractivity contribution in [2.45, 2.75) is 0 Å². The average Bonchev–Trinajstić information content (AvgIpc) is 3.76. The second-order valence-corrected chi connectivity index (χ2v) is 16.3. The van der Waals surface area contributed by atoms with Crippen LogP contribution in [-0.4, -0.2) is 34.5 Å². The van der Waals surface area contributed by atoms with E-state index in [1.54, 1.807) is 0 Å². The third kappa shape index (κ3) is 7.50. The minimum Gasteiger partial charge on any atom is -0.308 e. The van der Waals surface area contributed by atoms with Gasteiger partial charge in [-0.1, -0.05) is 206 Å². The van der Waals surface area contributed by atoms with Gasteiger partial charge in [0.05, 0.1) is 16.7 Å². The van der Waals surface area contributed by atoms with Gasteiger partial charge in [0.1, 0.15) is 0 Å². The first-order valence-corrected chi connectivity index (χ1v) is 22.3. The van der Waals surface area contributed by atoms with Gasteiger partial charge < -0.3 is 4.57 Å². The van der Waals surface area contributed by atoms with Crippen LogP contribution in [-0.2, 0) is 0 Å². The molecule has 0 saturated carbocycles. The summed E-state index contributed by atoms with van der Waals surface area (Å²) < 4.78 is 2.35. The van der Waals surface area contributed by atoms with Crippen molar-refractivity contribution in [3.8, 4) is 96.3 Å². The van der Waals surface area contributed by atoms with Gasteiger partial charge >= 0.3 is 0 Å². The lowest BCUT2D eigenvalue weighted by atomic mass is 9.97. The molecule has 0 unspecified atom stereocenters. The van der Waals surface area contributed by atoms with E-state index < -0.39 is 0 Å². The van der Waals surface area contributed by atoms with Gasteiger partial charge in [0.25, 0.3) is 0 Å². The van der Waals surface area contributed by atoms with Crippen LogP contribution in [0.5, 0.6) is 0 Å². The van der Waals surface area contributed by atoms with E-state index in [4.69, 9.17) is 29.9 Å². The zero-order valence-corrected chi connectivity index (χ0v) is 36.1. The van der Waals surface area contributed by atoms with Gasteiger partial charge in [-0.25, -0.2) is 29.9 Å². The molecule has 7 heteroatoms. The van der Waals surface area contributed by atoms with E-state index in [1.807, 2.05) is 121 Å². The van der Waals surface area contributed by atoms with Gasteiger partial charge in [0.2, 0.25) is 0 Å². The number of rotatable bonds is 9. The Labute approximate surface area is 387 Å². The number of benzene rings is 9. The van der Waals surface area contributed by atoms with Gasteiger partial charge in [-0.05, 0) is 52.6 Å². The van der Waals surface area contributed by atoms with Crippen LogP contribution >= 0.6 is 0 Å². The Hall–Kier alpha value is -9.20. The molecule has 3 heterocycles. The molecule has 9 aromatic carbocycles. The van der Waals surface area contributed by atoms with Crippen LogP contribution in [0, 0.1) is 0 Å². The van der Waals surface area contributed by atoms with Crippen LogP contribution in [0.1, 0.15) is 0 Å². The smallest absolute Gasteiger partial charge is 0.166 e. The Bertz CT molecular complexity index is 3590. The molecule has 0 fully saturated rings. The summed E-state index contributed by atoms with van der Waals surface area (Å²) in [5.74, 6) is 3.36. The first-order valence-electron chi connectivity index (χ1n) is 22.3. The van der Waals surface area contributed by atoms with Crippen molar-refractivity contribution in [2.75, 3.05) is 0 Å². The lowest BCUT2D eigenvalue weighted by molar-refractivity contribution is 1.06. The van der Waals surface area contributed by atoms with E-state index in [9.17, 15) is 0 Å². The SMILES string of the molecule is c1ccc(-c2ccc(-c3cccc4c3c3ccccc3n4-c3ccc(-c4nc(-c5ccccc5)nc(-c5ccccc5)n4)cc3-c3nc(-c4ccccc4)nc(-c4ccccc4)n3)cc2)cc1. The largest absolute Gasteiger partial charge is 0.308 e. The highest BCUT2D eigenvalue weighted by Gasteiger charge is 2.23. The van der Waals surface area contributed by atoms with Crippen LogP contribution in [0.25, 0.3) is 118 Å². The van der Waals surface area contributed by atoms with E-state index >= 15 is 0 Å². The fourth-order valence-corrected chi connectivity index (χ4v) is 8.91. The summed E-state index contributed by atoms with van der Waals surface area (Å²) in [6.07, 6.45) is 0. The Morgan fingerprint density at radius 1 is 0.239 bits per heavy atom. The maximum Gasteiger partial charge on any atom is 0.166 e. The minimum absolute atomic E-state index is 0.517. The van der Waals surface area contributed by atoms with Crippen molar-refractivity contribution >= 4 is 21.8 Å². The summed E-state index contributed by atoms with van der Waals surface area (Å²) >= 11 is 0. The Morgan fingerprint density at radius 2 is 0.612 bits per heavy atom. The molecule has 0 saturated heterocycles. The predicted molar refractivity (Wildman–Crippen MR) is 271 cm³/mol. The molecule has 3 aromatic heterocycles. The van der Waals surface area contributed by atoms with E-state index in [2.05, 4.69) is 120 Å². The van der Waals surface area contributed by atoms with Crippen LogP contribution in [0.2, 0.25) is 0 Å². The second-order valence-electron chi connectivity index (χ2n) is 16.3. The summed E-state index contributed by atoms with van der Waals surface area (Å²) in [6.45, 7) is 0. The standard InChI is InChI=1S/C60H39N7/c1-6-19-40(20-7-1)41-33-35-42(36-34-41)48-30-18-32-53-54(48)49-29-16-17-31-51(49)67(53)52-38-37-47(59-63-55(43-21-8-2-9-22-43)61-56(64-59)44-23-10-3-11-24-44)39-50(52)60-65-57(45-25-12-4-13-26-45)62-58(66-60)46-27-14-5-15-28-46/h1-39H. The van der Waals surface area contributed by atoms with Crippen LogP contribution in [0.3, 0.4) is 0 Å². The number of hydrogen-bond donors (Lipinski definition) is 0. The Kier molecular flexibility index (Phi) is 10.0. The van der Waals surface area contributed by atoms with Crippen LogP contribution in [0.15, 0.2) is 237 Å². The normalized spacial score (nSPS) is 11.3. The van der Waals surface area contributed by atoms with Crippen molar-refractivity contribution in [1.29, 1.82) is 0 Å². The van der Waals surface area contributed by atoms with Crippen molar-refractivity contribution in [3.05, 3.63) is 237 Å². The maximum absolute atomic E-state index is 5.30. The molecule has 12 rings (SSSR count). The lowest BCUT2D eigenvalue weighted by Gasteiger charge is -2.16. The number of hydrogen-bond acceptors (Lipinski definition) is 6. The zero-order valence-electron chi connectivity index (χ0n) is 36.1. The summed E-state index contributed by atoms with van der Waals surface area (Å²) in [5.41, 5.74) is 12.8. The Morgan fingerprint density at radius 3 is 1.12 bits per heavy atom. The van der Waals surface area contributed by atoms with Gasteiger partial charge in [0, 0.05) is 44.2 Å². The fraction of sp³-hybridized carbons (Fsp3) is 0. The summed E-state index contributed by atoms with van der Waals surface area (Å²) in [6, 6.07) is 81.2. The molecule has 0 spiro atoms. The van der Waals surface area contributed by atoms with Gasteiger partial charge in [-0.3, -0.25) is 0 Å². The minimum atomic E-state index is 0.517. The van der Waals surface area contributed by atoms with E-state index in [0.29, 0.717) is 34.9 Å². The van der Waals surface area contributed by atoms with Crippen molar-refractivity contribution < 1.29 is 0 Å². The number of fused-ring (bicyclic) bond motifs is 3. The molecule has 0 radical (unpaired) electrons. The molecule has 0 atom stereocenters. The monoisotopic (exact) mass is 857 g/mol. The third-order valence-electron chi connectivity index (χ3n) is 12.1. The highest BCUT2D eigenvalue weighted by molar-refractivity contribution is 6.16. The highest BCUT2D eigenvalue weighted by atomic mass is 15.1. The average molecular weight is 858 g/mol. The van der Waals surface area contributed by atoms with E-state index in [-0.39, 0.29) is 0 Å². The fourth-order valence-electron chi connectivity index (χ4n) is 8.91. The van der Waals surface area contributed by atoms with Gasteiger partial charge in [0.15, 0.2) is 34.9 Å². The topological polar surface area (TPSA) is 82.3 Å². The van der Waals surface area contributed by atoms with E-state index in [1.165, 1.54) is 11.1 Å². The first-order chi connectivity index (χ1) is 33.2. The number of aromatic nitrogens is 7. The molecular weight excluding hydrogens is 819 g/mol. The maximum atomic E-state index is 5.30. The molecule has 0 N–H and O–H groups in total. The molecule has 0 aliphatic carbocycles. The second kappa shape index (κ2) is 17.1. The zero-order chi connectivity index (χ0) is 44.5. The van der Waals surface area contributed by atoms with Crippen LogP contribution < -0.4 is 0 Å². The van der Waals surface area contributed by atoms with Crippen molar-refractivity contribution in [2.24, 2.45) is 0 Å². The molecule has 0 aliphatic rings. The molecule has 7 nitrogen and oxygen atoms in total. The molecule has 12 aromatic rings. The Balaban J connectivity index is 1.12. The summed E-state index contributed by atoms with van der Waals surface area (Å²) in [7, 11) is 0. The summed E-state index contributed by atoms with van der Waals surface area (Å²) in [5, 5.41) is 2.29. The van der Waals surface area contributed by atoms with Gasteiger partial charge in [-0.15, -0.1) is 0 Å². The number of nitrogens with zero attached hydrogens (tertiary/aromatic N) is 7. The quantitative estimate of drug-likeness (QED) is 0.144. The van der Waals surface area contributed by atoms with Crippen LogP contribution in [0.4, 0.5) is 0 Å². The van der Waals surface area contributed by atoms with Crippen molar-refractivity contribution in [3.63, 3.8) is 0 Å². The molecule has 314 valence electrons. The molecule has 0 aliphatic heterocycles. The van der Waals surface area contributed by atoms with Crippen molar-refractivity contribution in [1.82, 2.24) is 34.5 Å². The number of para-hydroxylation sites is 1. The molecule has 0 amide bonds. The first kappa shape index (κ1) is 39.4. The molecule has 0 bridgehead atoms. The molecular formula is C60H39N7. The third-order valence-corrected chi connectivity index (χ3v) is 12.1. The highest BCUT2D eigenvalue weighted by Crippen LogP contribution is 2.42. The summed E-state index contributed by atoms with van der Waals surface area (Å²) in [4.78, 5) is 31.0. The van der Waals surface area contributed by atoms with Gasteiger partial charge in [-0.2, -0.15) is 0 Å². The lowest BCUT2D eigenvalue weighted by Crippen LogP contribution is -2.05. The molecule has 67 heavy (non-hydrogen) atoms. The van der Waals surface area contributed by atoms with E-state index in [0.717, 1.165) is 72.0 Å². The predicted octanol–water partition coefficient (Wildman–Crippen LogP) is 14.5.